The molecule has 0 radical (unpaired) electrons. The summed E-state index contributed by atoms with van der Waals surface area (Å²) in [6.45, 7) is 4.46. The Labute approximate surface area is 156 Å². The molecule has 3 rings (SSSR count). The zero-order chi connectivity index (χ0) is 18.5. The normalized spacial score (nSPS) is 16.9. The van der Waals surface area contributed by atoms with Gasteiger partial charge in [0, 0.05) is 12.1 Å². The second-order valence-corrected chi connectivity index (χ2v) is 7.56. The van der Waals surface area contributed by atoms with E-state index in [0.717, 1.165) is 31.5 Å². The third-order valence-corrected chi connectivity index (χ3v) is 5.55. The van der Waals surface area contributed by atoms with Crippen LogP contribution < -0.4 is 16.0 Å². The molecule has 1 aromatic carbocycles. The number of nitrogens with one attached hydrogen (secondary N) is 3. The lowest BCUT2D eigenvalue weighted by molar-refractivity contribution is 0.0947. The summed E-state index contributed by atoms with van der Waals surface area (Å²) in [5, 5.41) is 9.62. The van der Waals surface area contributed by atoms with E-state index in [1.54, 1.807) is 12.1 Å². The van der Waals surface area contributed by atoms with E-state index >= 15 is 0 Å². The second-order valence-electron chi connectivity index (χ2n) is 6.51. The Morgan fingerprint density at radius 1 is 1.31 bits per heavy atom. The van der Waals surface area contributed by atoms with E-state index in [-0.39, 0.29) is 11.5 Å². The van der Waals surface area contributed by atoms with Crippen molar-refractivity contribution in [3.05, 3.63) is 52.2 Å². The second kappa shape index (κ2) is 8.42. The van der Waals surface area contributed by atoms with Gasteiger partial charge in [-0.3, -0.25) is 9.59 Å². The minimum atomic E-state index is -0.461. The topological polar surface area (TPSA) is 70.2 Å². The number of piperidine rings is 1. The van der Waals surface area contributed by atoms with E-state index in [1.165, 1.54) is 29.5 Å². The van der Waals surface area contributed by atoms with Crippen molar-refractivity contribution < 1.29 is 14.0 Å². The molecule has 5 nitrogen and oxygen atoms in total. The third-order valence-electron chi connectivity index (χ3n) is 4.40. The van der Waals surface area contributed by atoms with E-state index in [2.05, 4.69) is 16.0 Å². The summed E-state index contributed by atoms with van der Waals surface area (Å²) in [7, 11) is 0. The van der Waals surface area contributed by atoms with Crippen LogP contribution in [0.15, 0.2) is 30.3 Å². The molecule has 26 heavy (non-hydrogen) atoms. The molecular formula is C19H22FN3O2S. The van der Waals surface area contributed by atoms with Crippen molar-refractivity contribution in [3.8, 4) is 0 Å². The number of amides is 2. The number of halogens is 1. The quantitative estimate of drug-likeness (QED) is 0.752. The van der Waals surface area contributed by atoms with Gasteiger partial charge in [0.1, 0.15) is 5.82 Å². The first kappa shape index (κ1) is 18.5. The number of anilines is 1. The van der Waals surface area contributed by atoms with Crippen molar-refractivity contribution in [2.75, 3.05) is 25.0 Å². The van der Waals surface area contributed by atoms with Crippen molar-refractivity contribution in [3.63, 3.8) is 0 Å². The van der Waals surface area contributed by atoms with Crippen LogP contribution in [0.3, 0.4) is 0 Å². The summed E-state index contributed by atoms with van der Waals surface area (Å²) in [6.07, 6.45) is 2.25. The Kier molecular flexibility index (Phi) is 6.00. The molecule has 0 bridgehead atoms. The molecule has 0 aliphatic carbocycles. The number of thiophene rings is 1. The minimum Gasteiger partial charge on any atom is -0.351 e. The average Bonchev–Trinajstić information content (AvgIpc) is 3.01. The number of benzene rings is 1. The lowest BCUT2D eigenvalue weighted by Crippen LogP contribution is -2.38. The van der Waals surface area contributed by atoms with Gasteiger partial charge >= 0.3 is 0 Å². The number of rotatable bonds is 5. The molecule has 2 amide bonds. The van der Waals surface area contributed by atoms with Gasteiger partial charge in [-0.25, -0.2) is 4.39 Å². The van der Waals surface area contributed by atoms with Crippen molar-refractivity contribution in [1.29, 1.82) is 0 Å². The van der Waals surface area contributed by atoms with E-state index in [4.69, 9.17) is 0 Å². The van der Waals surface area contributed by atoms with Gasteiger partial charge in [0.15, 0.2) is 0 Å². The molecule has 0 spiro atoms. The molecule has 1 aliphatic heterocycles. The molecule has 1 atom stereocenters. The van der Waals surface area contributed by atoms with Crippen LogP contribution in [0, 0.1) is 18.7 Å². The summed E-state index contributed by atoms with van der Waals surface area (Å²) < 4.78 is 13.2. The van der Waals surface area contributed by atoms with Gasteiger partial charge in [-0.2, -0.15) is 0 Å². The van der Waals surface area contributed by atoms with Crippen LogP contribution in [0.5, 0.6) is 0 Å². The van der Waals surface area contributed by atoms with Crippen molar-refractivity contribution in [2.24, 2.45) is 5.92 Å². The maximum atomic E-state index is 13.2. The SMILES string of the molecule is Cc1cc(NC(=O)c2cccc(F)c2)sc1C(=O)NCC1CCCNC1. The molecule has 1 fully saturated rings. The molecule has 7 heteroatoms. The molecule has 3 N–H and O–H groups in total. The van der Waals surface area contributed by atoms with E-state index in [0.29, 0.717) is 22.3 Å². The lowest BCUT2D eigenvalue weighted by Gasteiger charge is -2.22. The molecule has 0 saturated carbocycles. The van der Waals surface area contributed by atoms with Crippen LogP contribution in [-0.4, -0.2) is 31.4 Å². The summed E-state index contributed by atoms with van der Waals surface area (Å²) in [6, 6.07) is 7.27. The van der Waals surface area contributed by atoms with E-state index in [1.807, 2.05) is 6.92 Å². The number of carbonyl (C=O) groups is 2. The van der Waals surface area contributed by atoms with Crippen LogP contribution in [0.4, 0.5) is 9.39 Å². The first-order chi connectivity index (χ1) is 12.5. The van der Waals surface area contributed by atoms with Crippen molar-refractivity contribution in [2.45, 2.75) is 19.8 Å². The fourth-order valence-electron chi connectivity index (χ4n) is 3.00. The van der Waals surface area contributed by atoms with Gasteiger partial charge in [-0.15, -0.1) is 11.3 Å². The molecular weight excluding hydrogens is 353 g/mol. The highest BCUT2D eigenvalue weighted by atomic mass is 32.1. The maximum absolute atomic E-state index is 13.2. The number of aryl methyl sites for hydroxylation is 1. The third kappa shape index (κ3) is 4.68. The fourth-order valence-corrected chi connectivity index (χ4v) is 3.98. The fraction of sp³-hybridized carbons (Fsp3) is 0.368. The molecule has 1 aliphatic rings. The Bertz CT molecular complexity index is 800. The predicted molar refractivity (Wildman–Crippen MR) is 101 cm³/mol. The van der Waals surface area contributed by atoms with Crippen LogP contribution in [0.25, 0.3) is 0 Å². The molecule has 1 unspecified atom stereocenters. The number of hydrogen-bond donors (Lipinski definition) is 3. The van der Waals surface area contributed by atoms with Gasteiger partial charge < -0.3 is 16.0 Å². The molecule has 2 heterocycles. The van der Waals surface area contributed by atoms with Crippen molar-refractivity contribution in [1.82, 2.24) is 10.6 Å². The van der Waals surface area contributed by atoms with Crippen LogP contribution in [0.2, 0.25) is 0 Å². The highest BCUT2D eigenvalue weighted by molar-refractivity contribution is 7.18. The van der Waals surface area contributed by atoms with E-state index < -0.39 is 11.7 Å². The summed E-state index contributed by atoms with van der Waals surface area (Å²) in [4.78, 5) is 25.2. The summed E-state index contributed by atoms with van der Waals surface area (Å²) in [5.74, 6) is -0.521. The molecule has 2 aromatic rings. The Hall–Kier alpha value is -2.25. The summed E-state index contributed by atoms with van der Waals surface area (Å²) in [5.41, 5.74) is 1.05. The van der Waals surface area contributed by atoms with Gasteiger partial charge in [0.05, 0.1) is 9.88 Å². The zero-order valence-electron chi connectivity index (χ0n) is 14.6. The average molecular weight is 375 g/mol. The van der Waals surface area contributed by atoms with Gasteiger partial charge in [-0.05, 0) is 68.6 Å². The minimum absolute atomic E-state index is 0.121. The number of hydrogen-bond acceptors (Lipinski definition) is 4. The first-order valence-corrected chi connectivity index (χ1v) is 9.51. The molecule has 138 valence electrons. The predicted octanol–water partition coefficient (Wildman–Crippen LogP) is 3.18. The van der Waals surface area contributed by atoms with Gasteiger partial charge in [-0.1, -0.05) is 6.07 Å². The molecule has 1 aromatic heterocycles. The Balaban J connectivity index is 1.60. The van der Waals surface area contributed by atoms with Crippen LogP contribution in [0.1, 0.15) is 38.4 Å². The summed E-state index contributed by atoms with van der Waals surface area (Å²) >= 11 is 1.23. The number of carbonyl (C=O) groups excluding carboxylic acids is 2. The first-order valence-electron chi connectivity index (χ1n) is 8.69. The van der Waals surface area contributed by atoms with Gasteiger partial charge in [0.25, 0.3) is 11.8 Å². The zero-order valence-corrected chi connectivity index (χ0v) is 15.4. The van der Waals surface area contributed by atoms with Gasteiger partial charge in [0.2, 0.25) is 0 Å². The van der Waals surface area contributed by atoms with Crippen LogP contribution >= 0.6 is 11.3 Å². The van der Waals surface area contributed by atoms with Crippen LogP contribution in [-0.2, 0) is 0 Å². The Morgan fingerprint density at radius 3 is 2.88 bits per heavy atom. The van der Waals surface area contributed by atoms with E-state index in [9.17, 15) is 14.0 Å². The van der Waals surface area contributed by atoms with Crippen molar-refractivity contribution >= 4 is 28.2 Å². The lowest BCUT2D eigenvalue weighted by atomic mass is 10.00. The highest BCUT2D eigenvalue weighted by Crippen LogP contribution is 2.27. The largest absolute Gasteiger partial charge is 0.351 e. The maximum Gasteiger partial charge on any atom is 0.261 e. The Morgan fingerprint density at radius 2 is 2.15 bits per heavy atom. The smallest absolute Gasteiger partial charge is 0.261 e. The molecule has 1 saturated heterocycles. The monoisotopic (exact) mass is 375 g/mol. The standard InChI is InChI=1S/C19H22FN3O2S/c1-12-8-16(23-18(24)14-5-2-6-15(20)9-14)26-17(12)19(25)22-11-13-4-3-7-21-10-13/h2,5-6,8-9,13,21H,3-4,7,10-11H2,1H3,(H,22,25)(H,23,24). The highest BCUT2D eigenvalue weighted by Gasteiger charge is 2.18.